The van der Waals surface area contributed by atoms with E-state index in [1.54, 1.807) is 23.0 Å². The van der Waals surface area contributed by atoms with Crippen LogP contribution >= 0.6 is 11.3 Å². The molecular weight excluding hydrogens is 236 g/mol. The van der Waals surface area contributed by atoms with Crippen molar-refractivity contribution >= 4 is 17.3 Å². The second kappa shape index (κ2) is 4.42. The van der Waals surface area contributed by atoms with Gasteiger partial charge in [0.05, 0.1) is 10.4 Å². The van der Waals surface area contributed by atoms with Gasteiger partial charge in [0.2, 0.25) is 5.95 Å². The molecule has 0 spiro atoms. The first-order chi connectivity index (χ1) is 8.33. The van der Waals surface area contributed by atoms with Crippen molar-refractivity contribution in [1.82, 2.24) is 25.5 Å². The summed E-state index contributed by atoms with van der Waals surface area (Å²) in [5.41, 5.74) is 1.80. The van der Waals surface area contributed by atoms with Gasteiger partial charge in [-0.05, 0) is 6.92 Å². The van der Waals surface area contributed by atoms with E-state index in [4.69, 9.17) is 0 Å². The number of aromatic nitrogens is 4. The third-order valence-electron chi connectivity index (χ3n) is 2.79. The van der Waals surface area contributed by atoms with Gasteiger partial charge in [0.1, 0.15) is 0 Å². The molecule has 1 fully saturated rings. The predicted molar refractivity (Wildman–Crippen MR) is 67.2 cm³/mol. The summed E-state index contributed by atoms with van der Waals surface area (Å²) in [6, 6.07) is 0.481. The summed E-state index contributed by atoms with van der Waals surface area (Å²) in [6.07, 6.45) is 1.80. The highest BCUT2D eigenvalue weighted by atomic mass is 32.1. The van der Waals surface area contributed by atoms with Gasteiger partial charge in [-0.2, -0.15) is 4.98 Å². The molecule has 3 heterocycles. The van der Waals surface area contributed by atoms with Crippen LogP contribution in [0, 0.1) is 0 Å². The molecule has 0 aliphatic carbocycles. The SMILES string of the molecule is C[C@@H]1CN(c2n[nH]c(-c3cncs3)n2)CCN1. The quantitative estimate of drug-likeness (QED) is 0.822. The summed E-state index contributed by atoms with van der Waals surface area (Å²) in [6.45, 7) is 5.04. The largest absolute Gasteiger partial charge is 0.337 e. The molecule has 0 saturated carbocycles. The lowest BCUT2D eigenvalue weighted by molar-refractivity contribution is 0.480. The molecule has 2 aromatic heterocycles. The lowest BCUT2D eigenvalue weighted by atomic mass is 10.2. The summed E-state index contributed by atoms with van der Waals surface area (Å²) < 4.78 is 0. The van der Waals surface area contributed by atoms with E-state index in [0.717, 1.165) is 36.3 Å². The normalized spacial score (nSPS) is 20.8. The number of anilines is 1. The highest BCUT2D eigenvalue weighted by Gasteiger charge is 2.19. The van der Waals surface area contributed by atoms with Crippen LogP contribution in [-0.2, 0) is 0 Å². The average Bonchev–Trinajstić information content (AvgIpc) is 3.00. The predicted octanol–water partition coefficient (Wildman–Crippen LogP) is 0.726. The van der Waals surface area contributed by atoms with Crippen LogP contribution in [0.2, 0.25) is 0 Å². The van der Waals surface area contributed by atoms with E-state index in [0.29, 0.717) is 6.04 Å². The molecule has 2 aromatic rings. The minimum atomic E-state index is 0.481. The number of thiazole rings is 1. The van der Waals surface area contributed by atoms with Crippen molar-refractivity contribution < 1.29 is 0 Å². The van der Waals surface area contributed by atoms with Gasteiger partial charge in [0.25, 0.3) is 0 Å². The molecule has 1 aliphatic rings. The maximum Gasteiger partial charge on any atom is 0.245 e. The monoisotopic (exact) mass is 250 g/mol. The van der Waals surface area contributed by atoms with Crippen molar-refractivity contribution in [3.05, 3.63) is 11.7 Å². The van der Waals surface area contributed by atoms with Crippen molar-refractivity contribution in [1.29, 1.82) is 0 Å². The Hall–Kier alpha value is -1.47. The maximum atomic E-state index is 4.51. The first-order valence-electron chi connectivity index (χ1n) is 5.62. The molecule has 0 unspecified atom stereocenters. The van der Waals surface area contributed by atoms with E-state index in [-0.39, 0.29) is 0 Å². The topological polar surface area (TPSA) is 69.7 Å². The fraction of sp³-hybridized carbons (Fsp3) is 0.500. The lowest BCUT2D eigenvalue weighted by Crippen LogP contribution is -2.49. The van der Waals surface area contributed by atoms with E-state index in [9.17, 15) is 0 Å². The molecule has 1 aliphatic heterocycles. The molecule has 90 valence electrons. The Kier molecular flexibility index (Phi) is 2.77. The van der Waals surface area contributed by atoms with E-state index < -0.39 is 0 Å². The Bertz CT molecular complexity index is 479. The van der Waals surface area contributed by atoms with E-state index in [2.05, 4.69) is 37.3 Å². The lowest BCUT2D eigenvalue weighted by Gasteiger charge is -2.30. The molecule has 7 heteroatoms. The molecule has 1 atom stereocenters. The van der Waals surface area contributed by atoms with Gasteiger partial charge < -0.3 is 10.2 Å². The van der Waals surface area contributed by atoms with Gasteiger partial charge in [0, 0.05) is 31.9 Å². The standard InChI is InChI=1S/C10H14N6S/c1-7-5-16(3-2-12-7)10-13-9(14-15-10)8-4-11-6-17-8/h4,6-7,12H,2-3,5H2,1H3,(H,13,14,15)/t7-/m1/s1. The van der Waals surface area contributed by atoms with Gasteiger partial charge in [-0.15, -0.1) is 16.4 Å². The highest BCUT2D eigenvalue weighted by Crippen LogP contribution is 2.21. The van der Waals surface area contributed by atoms with Gasteiger partial charge in [-0.1, -0.05) is 0 Å². The molecule has 6 nitrogen and oxygen atoms in total. The van der Waals surface area contributed by atoms with Gasteiger partial charge in [-0.25, -0.2) is 0 Å². The Morgan fingerprint density at radius 2 is 2.47 bits per heavy atom. The number of aromatic amines is 1. The zero-order valence-corrected chi connectivity index (χ0v) is 10.4. The van der Waals surface area contributed by atoms with Crippen molar-refractivity contribution in [2.45, 2.75) is 13.0 Å². The number of nitrogens with zero attached hydrogens (tertiary/aromatic N) is 4. The number of nitrogens with one attached hydrogen (secondary N) is 2. The van der Waals surface area contributed by atoms with Crippen LogP contribution in [0.25, 0.3) is 10.7 Å². The fourth-order valence-corrected chi connectivity index (χ4v) is 2.51. The van der Waals surface area contributed by atoms with Crippen LogP contribution < -0.4 is 10.2 Å². The zero-order valence-electron chi connectivity index (χ0n) is 9.55. The van der Waals surface area contributed by atoms with Crippen molar-refractivity contribution in [2.75, 3.05) is 24.5 Å². The molecule has 2 N–H and O–H groups in total. The first-order valence-corrected chi connectivity index (χ1v) is 6.50. The van der Waals surface area contributed by atoms with Crippen molar-refractivity contribution in [3.63, 3.8) is 0 Å². The third-order valence-corrected chi connectivity index (χ3v) is 3.57. The van der Waals surface area contributed by atoms with Crippen LogP contribution in [0.3, 0.4) is 0 Å². The molecular formula is C10H14N6S. The van der Waals surface area contributed by atoms with Crippen LogP contribution in [0.5, 0.6) is 0 Å². The Morgan fingerprint density at radius 3 is 3.24 bits per heavy atom. The maximum absolute atomic E-state index is 4.51. The summed E-state index contributed by atoms with van der Waals surface area (Å²) >= 11 is 1.56. The average molecular weight is 250 g/mol. The molecule has 0 bridgehead atoms. The first kappa shape index (κ1) is 10.7. The molecule has 3 rings (SSSR count). The Labute approximate surface area is 103 Å². The summed E-state index contributed by atoms with van der Waals surface area (Å²) in [7, 11) is 0. The zero-order chi connectivity index (χ0) is 11.7. The fourth-order valence-electron chi connectivity index (χ4n) is 1.95. The van der Waals surface area contributed by atoms with Crippen LogP contribution in [0.15, 0.2) is 11.7 Å². The van der Waals surface area contributed by atoms with Gasteiger partial charge in [-0.3, -0.25) is 10.1 Å². The van der Waals surface area contributed by atoms with Gasteiger partial charge >= 0.3 is 0 Å². The molecule has 1 saturated heterocycles. The molecule has 0 radical (unpaired) electrons. The smallest absolute Gasteiger partial charge is 0.245 e. The summed E-state index contributed by atoms with van der Waals surface area (Å²) in [5, 5.41) is 10.6. The Balaban J connectivity index is 1.80. The summed E-state index contributed by atoms with van der Waals surface area (Å²) in [5.74, 6) is 1.58. The van der Waals surface area contributed by atoms with E-state index in [1.165, 1.54) is 0 Å². The number of hydrogen-bond donors (Lipinski definition) is 2. The number of H-pyrrole nitrogens is 1. The summed E-state index contributed by atoms with van der Waals surface area (Å²) in [4.78, 5) is 11.8. The minimum absolute atomic E-state index is 0.481. The number of hydrogen-bond acceptors (Lipinski definition) is 6. The molecule has 0 aromatic carbocycles. The van der Waals surface area contributed by atoms with Crippen molar-refractivity contribution in [3.8, 4) is 10.7 Å². The molecule has 0 amide bonds. The third kappa shape index (κ3) is 2.16. The van der Waals surface area contributed by atoms with Crippen molar-refractivity contribution in [2.24, 2.45) is 0 Å². The van der Waals surface area contributed by atoms with E-state index >= 15 is 0 Å². The van der Waals surface area contributed by atoms with E-state index in [1.807, 2.05) is 0 Å². The van der Waals surface area contributed by atoms with Crippen LogP contribution in [0.1, 0.15) is 6.92 Å². The second-order valence-electron chi connectivity index (χ2n) is 4.15. The van der Waals surface area contributed by atoms with Crippen LogP contribution in [-0.4, -0.2) is 45.8 Å². The highest BCUT2D eigenvalue weighted by molar-refractivity contribution is 7.13. The van der Waals surface area contributed by atoms with Crippen LogP contribution in [0.4, 0.5) is 5.95 Å². The molecule has 17 heavy (non-hydrogen) atoms. The Morgan fingerprint density at radius 1 is 1.53 bits per heavy atom. The number of rotatable bonds is 2. The van der Waals surface area contributed by atoms with Gasteiger partial charge in [0.15, 0.2) is 5.82 Å². The second-order valence-corrected chi connectivity index (χ2v) is 5.04. The minimum Gasteiger partial charge on any atom is -0.337 e. The number of piperazine rings is 1.